The molecule has 0 bridgehead atoms. The van der Waals surface area contributed by atoms with Crippen LogP contribution in [0.1, 0.15) is 39.0 Å². The maximum Gasteiger partial charge on any atom is 0.508 e. The number of hydrogen-bond acceptors (Lipinski definition) is 3. The van der Waals surface area contributed by atoms with Crippen molar-refractivity contribution in [2.24, 2.45) is 5.92 Å². The van der Waals surface area contributed by atoms with E-state index in [1.165, 1.54) is 20.0 Å². The van der Waals surface area contributed by atoms with Crippen LogP contribution in [-0.4, -0.2) is 19.4 Å². The van der Waals surface area contributed by atoms with Crippen LogP contribution in [-0.2, 0) is 9.47 Å². The molecule has 13 heavy (non-hydrogen) atoms. The third kappa shape index (κ3) is 2.90. The summed E-state index contributed by atoms with van der Waals surface area (Å²) in [5.74, 6) is 0.535. The summed E-state index contributed by atoms with van der Waals surface area (Å²) in [6.07, 6.45) is 5.24. The van der Waals surface area contributed by atoms with E-state index in [2.05, 4.69) is 11.7 Å². The fourth-order valence-corrected chi connectivity index (χ4v) is 1.97. The lowest BCUT2D eigenvalue weighted by Gasteiger charge is -2.29. The lowest BCUT2D eigenvalue weighted by Crippen LogP contribution is -2.29. The molecule has 1 aliphatic rings. The van der Waals surface area contributed by atoms with Gasteiger partial charge in [-0.05, 0) is 31.6 Å². The highest BCUT2D eigenvalue weighted by atomic mass is 16.7. The third-order valence-electron chi connectivity index (χ3n) is 2.78. The number of methoxy groups -OCH3 is 1. The molecule has 1 fully saturated rings. The van der Waals surface area contributed by atoms with Gasteiger partial charge in [-0.3, -0.25) is 0 Å². The van der Waals surface area contributed by atoms with Crippen LogP contribution in [0.4, 0.5) is 4.79 Å². The molecule has 0 spiro atoms. The molecule has 0 heterocycles. The predicted molar refractivity (Wildman–Crippen MR) is 49.5 cm³/mol. The first-order valence-electron chi connectivity index (χ1n) is 5.02. The molecule has 0 amide bonds. The first kappa shape index (κ1) is 10.4. The molecule has 3 heteroatoms. The van der Waals surface area contributed by atoms with E-state index < -0.39 is 6.16 Å². The van der Waals surface area contributed by atoms with E-state index in [1.54, 1.807) is 0 Å². The molecule has 0 N–H and O–H groups in total. The molecule has 1 rings (SSSR count). The zero-order valence-corrected chi connectivity index (χ0v) is 8.41. The summed E-state index contributed by atoms with van der Waals surface area (Å²) < 4.78 is 9.67. The molecule has 0 aromatic heterocycles. The number of ether oxygens (including phenoxy) is 2. The summed E-state index contributed by atoms with van der Waals surface area (Å²) >= 11 is 0. The Morgan fingerprint density at radius 2 is 2.08 bits per heavy atom. The molecule has 0 saturated heterocycles. The summed E-state index contributed by atoms with van der Waals surface area (Å²) in [6.45, 7) is 2.14. The SMILES string of the molecule is CCC1CCCCC1OC(=O)OC. The Balaban J connectivity index is 2.40. The minimum absolute atomic E-state index is 0.0891. The zero-order valence-electron chi connectivity index (χ0n) is 8.41. The van der Waals surface area contributed by atoms with Crippen LogP contribution in [0.25, 0.3) is 0 Å². The number of carbonyl (C=O) groups excluding carboxylic acids is 1. The summed E-state index contributed by atoms with van der Waals surface area (Å²) in [5.41, 5.74) is 0. The maximum atomic E-state index is 10.9. The van der Waals surface area contributed by atoms with Crippen LogP contribution in [0.15, 0.2) is 0 Å². The van der Waals surface area contributed by atoms with E-state index in [0.29, 0.717) is 5.92 Å². The largest absolute Gasteiger partial charge is 0.508 e. The predicted octanol–water partition coefficient (Wildman–Crippen LogP) is 2.74. The number of rotatable bonds is 2. The first-order chi connectivity index (χ1) is 6.27. The van der Waals surface area contributed by atoms with Crippen LogP contribution in [0.5, 0.6) is 0 Å². The van der Waals surface area contributed by atoms with Crippen molar-refractivity contribution in [1.82, 2.24) is 0 Å². The number of hydrogen-bond donors (Lipinski definition) is 0. The lowest BCUT2D eigenvalue weighted by atomic mass is 9.85. The minimum Gasteiger partial charge on any atom is -0.438 e. The second-order valence-electron chi connectivity index (χ2n) is 3.56. The van der Waals surface area contributed by atoms with E-state index in [1.807, 2.05) is 0 Å². The number of carbonyl (C=O) groups is 1. The molecule has 0 aromatic carbocycles. The fraction of sp³-hybridized carbons (Fsp3) is 0.900. The van der Waals surface area contributed by atoms with E-state index in [4.69, 9.17) is 4.74 Å². The van der Waals surface area contributed by atoms with Gasteiger partial charge in [-0.1, -0.05) is 13.3 Å². The van der Waals surface area contributed by atoms with Crippen molar-refractivity contribution in [2.75, 3.05) is 7.11 Å². The highest BCUT2D eigenvalue weighted by molar-refractivity contribution is 5.59. The second-order valence-corrected chi connectivity index (χ2v) is 3.56. The molecule has 0 aromatic rings. The molecular weight excluding hydrogens is 168 g/mol. The van der Waals surface area contributed by atoms with Gasteiger partial charge in [-0.2, -0.15) is 0 Å². The van der Waals surface area contributed by atoms with Crippen LogP contribution in [0, 0.1) is 5.92 Å². The van der Waals surface area contributed by atoms with Gasteiger partial charge in [-0.25, -0.2) is 4.79 Å². The van der Waals surface area contributed by atoms with Crippen molar-refractivity contribution in [3.05, 3.63) is 0 Å². The quantitative estimate of drug-likeness (QED) is 0.622. The highest BCUT2D eigenvalue weighted by Crippen LogP contribution is 2.29. The summed E-state index contributed by atoms with van der Waals surface area (Å²) in [5, 5.41) is 0. The Bertz CT molecular complexity index is 168. The minimum atomic E-state index is -0.537. The Labute approximate surface area is 79.4 Å². The van der Waals surface area contributed by atoms with Crippen molar-refractivity contribution in [1.29, 1.82) is 0 Å². The maximum absolute atomic E-state index is 10.9. The fourth-order valence-electron chi connectivity index (χ4n) is 1.97. The van der Waals surface area contributed by atoms with E-state index in [0.717, 1.165) is 19.3 Å². The standard InChI is InChI=1S/C10H18O3/c1-3-8-6-4-5-7-9(8)13-10(11)12-2/h8-9H,3-7H2,1-2H3. The Morgan fingerprint density at radius 1 is 1.38 bits per heavy atom. The van der Waals surface area contributed by atoms with Crippen LogP contribution in [0.3, 0.4) is 0 Å². The van der Waals surface area contributed by atoms with E-state index >= 15 is 0 Å². The molecule has 2 atom stereocenters. The monoisotopic (exact) mass is 186 g/mol. The van der Waals surface area contributed by atoms with Gasteiger partial charge in [0.1, 0.15) is 6.10 Å². The molecule has 3 nitrogen and oxygen atoms in total. The van der Waals surface area contributed by atoms with Gasteiger partial charge in [0.05, 0.1) is 7.11 Å². The average Bonchev–Trinajstić information content (AvgIpc) is 2.18. The first-order valence-corrected chi connectivity index (χ1v) is 5.02. The van der Waals surface area contributed by atoms with Gasteiger partial charge in [0.15, 0.2) is 0 Å². The molecule has 76 valence electrons. The second kappa shape index (κ2) is 5.10. The van der Waals surface area contributed by atoms with Crippen molar-refractivity contribution < 1.29 is 14.3 Å². The Hall–Kier alpha value is -0.730. The van der Waals surface area contributed by atoms with Crippen molar-refractivity contribution >= 4 is 6.16 Å². The van der Waals surface area contributed by atoms with Crippen molar-refractivity contribution in [2.45, 2.75) is 45.1 Å². The van der Waals surface area contributed by atoms with Crippen LogP contribution < -0.4 is 0 Å². The van der Waals surface area contributed by atoms with E-state index in [-0.39, 0.29) is 6.10 Å². The summed E-state index contributed by atoms with van der Waals surface area (Å²) in [4.78, 5) is 10.9. The Morgan fingerprint density at radius 3 is 2.69 bits per heavy atom. The zero-order chi connectivity index (χ0) is 9.68. The lowest BCUT2D eigenvalue weighted by molar-refractivity contribution is -0.00402. The van der Waals surface area contributed by atoms with Crippen molar-refractivity contribution in [3.63, 3.8) is 0 Å². The molecule has 0 aliphatic heterocycles. The van der Waals surface area contributed by atoms with Gasteiger partial charge < -0.3 is 9.47 Å². The van der Waals surface area contributed by atoms with Gasteiger partial charge in [-0.15, -0.1) is 0 Å². The van der Waals surface area contributed by atoms with Crippen molar-refractivity contribution in [3.8, 4) is 0 Å². The van der Waals surface area contributed by atoms with Crippen LogP contribution >= 0.6 is 0 Å². The van der Waals surface area contributed by atoms with Gasteiger partial charge in [0.25, 0.3) is 0 Å². The highest BCUT2D eigenvalue weighted by Gasteiger charge is 2.26. The average molecular weight is 186 g/mol. The molecule has 0 radical (unpaired) electrons. The van der Waals surface area contributed by atoms with Crippen LogP contribution in [0.2, 0.25) is 0 Å². The topological polar surface area (TPSA) is 35.5 Å². The summed E-state index contributed by atoms with van der Waals surface area (Å²) in [7, 11) is 1.35. The molecule has 1 saturated carbocycles. The molecule has 1 aliphatic carbocycles. The summed E-state index contributed by atoms with van der Waals surface area (Å²) in [6, 6.07) is 0. The normalized spacial score (nSPS) is 28.2. The Kier molecular flexibility index (Phi) is 4.06. The van der Waals surface area contributed by atoms with Gasteiger partial charge in [0.2, 0.25) is 0 Å². The van der Waals surface area contributed by atoms with E-state index in [9.17, 15) is 4.79 Å². The third-order valence-corrected chi connectivity index (χ3v) is 2.78. The van der Waals surface area contributed by atoms with Gasteiger partial charge >= 0.3 is 6.16 Å². The molecule has 2 unspecified atom stereocenters. The smallest absolute Gasteiger partial charge is 0.438 e. The molecular formula is C10H18O3. The van der Waals surface area contributed by atoms with Gasteiger partial charge in [0, 0.05) is 0 Å².